The summed E-state index contributed by atoms with van der Waals surface area (Å²) in [6.45, 7) is 4.80. The number of likely N-dealkylation sites (tertiary alicyclic amines) is 1. The van der Waals surface area contributed by atoms with Gasteiger partial charge in [0.2, 0.25) is 0 Å². The topological polar surface area (TPSA) is 51.2 Å². The van der Waals surface area contributed by atoms with Crippen LogP contribution in [-0.2, 0) is 20.8 Å². The molecule has 0 saturated carbocycles. The number of carbonyl (C=O) groups excluding carboxylic acids is 1. The second-order valence-corrected chi connectivity index (χ2v) is 6.49. The van der Waals surface area contributed by atoms with Gasteiger partial charge in [0, 0.05) is 19.6 Å². The molecule has 2 aliphatic rings. The van der Waals surface area contributed by atoms with Gasteiger partial charge in [0.15, 0.2) is 0 Å². The molecule has 2 heterocycles. The highest BCUT2D eigenvalue weighted by atomic mass is 16.6. The molecule has 2 saturated heterocycles. The summed E-state index contributed by atoms with van der Waals surface area (Å²) in [5.41, 5.74) is 0.997. The quantitative estimate of drug-likeness (QED) is 0.821. The van der Waals surface area contributed by atoms with Crippen molar-refractivity contribution >= 4 is 6.09 Å². The minimum atomic E-state index is -0.265. The van der Waals surface area contributed by atoms with E-state index in [2.05, 4.69) is 11.9 Å². The van der Waals surface area contributed by atoms with Crippen molar-refractivity contribution in [3.63, 3.8) is 0 Å². The maximum absolute atomic E-state index is 12.1. The molecule has 0 radical (unpaired) electrons. The van der Waals surface area contributed by atoms with E-state index in [1.54, 1.807) is 4.90 Å². The molecule has 2 unspecified atom stereocenters. The molecule has 0 N–H and O–H groups in total. The first-order valence-corrected chi connectivity index (χ1v) is 8.58. The number of benzene rings is 1. The molecule has 1 aromatic rings. The van der Waals surface area contributed by atoms with Gasteiger partial charge in [-0.2, -0.15) is 0 Å². The molecule has 2 atom stereocenters. The fourth-order valence-electron chi connectivity index (χ4n) is 3.05. The standard InChI is InChI=1S/C18H26N2O4/c1-19-9-10-22-17(11-19)14-23-16-7-8-20(12-16)18(21)24-13-15-5-3-2-4-6-15/h2-6,16-17H,7-14H2,1H3. The molecule has 1 aromatic carbocycles. The molecule has 2 aliphatic heterocycles. The molecule has 6 heteroatoms. The Morgan fingerprint density at radius 1 is 1.25 bits per heavy atom. The van der Waals surface area contributed by atoms with E-state index < -0.39 is 0 Å². The van der Waals surface area contributed by atoms with Gasteiger partial charge in [-0.15, -0.1) is 0 Å². The largest absolute Gasteiger partial charge is 0.445 e. The number of ether oxygens (including phenoxy) is 3. The van der Waals surface area contributed by atoms with Crippen molar-refractivity contribution in [3.05, 3.63) is 35.9 Å². The summed E-state index contributed by atoms with van der Waals surface area (Å²) in [7, 11) is 2.09. The molecule has 1 amide bonds. The summed E-state index contributed by atoms with van der Waals surface area (Å²) in [6, 6.07) is 9.72. The number of morpholine rings is 1. The van der Waals surface area contributed by atoms with Crippen LogP contribution in [0.1, 0.15) is 12.0 Å². The van der Waals surface area contributed by atoms with Gasteiger partial charge in [0.05, 0.1) is 32.0 Å². The minimum absolute atomic E-state index is 0.0742. The second-order valence-electron chi connectivity index (χ2n) is 6.49. The summed E-state index contributed by atoms with van der Waals surface area (Å²) < 4.78 is 17.0. The molecule has 6 nitrogen and oxygen atoms in total. The van der Waals surface area contributed by atoms with E-state index in [1.165, 1.54) is 0 Å². The number of nitrogens with zero attached hydrogens (tertiary/aromatic N) is 2. The maximum atomic E-state index is 12.1. The molecule has 24 heavy (non-hydrogen) atoms. The SMILES string of the molecule is CN1CCOC(COC2CCN(C(=O)OCc3ccccc3)C2)C1. The predicted molar refractivity (Wildman–Crippen MR) is 89.8 cm³/mol. The van der Waals surface area contributed by atoms with Crippen LogP contribution >= 0.6 is 0 Å². The third kappa shape index (κ3) is 4.93. The van der Waals surface area contributed by atoms with Gasteiger partial charge in [0.1, 0.15) is 6.61 Å². The Labute approximate surface area is 143 Å². The van der Waals surface area contributed by atoms with Crippen LogP contribution in [0.15, 0.2) is 30.3 Å². The molecule has 0 spiro atoms. The third-order valence-electron chi connectivity index (χ3n) is 4.47. The van der Waals surface area contributed by atoms with Crippen molar-refractivity contribution in [3.8, 4) is 0 Å². The summed E-state index contributed by atoms with van der Waals surface area (Å²) in [5, 5.41) is 0. The average molecular weight is 334 g/mol. The lowest BCUT2D eigenvalue weighted by Gasteiger charge is -2.30. The van der Waals surface area contributed by atoms with E-state index in [-0.39, 0.29) is 18.3 Å². The van der Waals surface area contributed by atoms with Crippen molar-refractivity contribution in [1.29, 1.82) is 0 Å². The van der Waals surface area contributed by atoms with Gasteiger partial charge in [0.25, 0.3) is 0 Å². The van der Waals surface area contributed by atoms with E-state index in [0.717, 1.165) is 31.7 Å². The highest BCUT2D eigenvalue weighted by Crippen LogP contribution is 2.16. The fourth-order valence-corrected chi connectivity index (χ4v) is 3.05. The van der Waals surface area contributed by atoms with Crippen molar-refractivity contribution in [1.82, 2.24) is 9.80 Å². The van der Waals surface area contributed by atoms with Gasteiger partial charge < -0.3 is 24.0 Å². The van der Waals surface area contributed by atoms with Crippen LogP contribution in [0.25, 0.3) is 0 Å². The number of hydrogen-bond donors (Lipinski definition) is 0. The Morgan fingerprint density at radius 3 is 2.88 bits per heavy atom. The average Bonchev–Trinajstić information content (AvgIpc) is 3.08. The van der Waals surface area contributed by atoms with Gasteiger partial charge in [-0.3, -0.25) is 0 Å². The first-order valence-electron chi connectivity index (χ1n) is 8.58. The Hall–Kier alpha value is -1.63. The van der Waals surface area contributed by atoms with E-state index >= 15 is 0 Å². The molecule has 0 bridgehead atoms. The third-order valence-corrected chi connectivity index (χ3v) is 4.47. The lowest BCUT2D eigenvalue weighted by atomic mass is 10.2. The fraction of sp³-hybridized carbons (Fsp3) is 0.611. The number of carbonyl (C=O) groups is 1. The Bertz CT molecular complexity index is 525. The van der Waals surface area contributed by atoms with Crippen LogP contribution in [0.3, 0.4) is 0 Å². The van der Waals surface area contributed by atoms with Crippen molar-refractivity contribution in [2.45, 2.75) is 25.2 Å². The summed E-state index contributed by atoms with van der Waals surface area (Å²) in [5.74, 6) is 0. The van der Waals surface area contributed by atoms with Crippen LogP contribution in [0, 0.1) is 0 Å². The second kappa shape index (κ2) is 8.46. The normalized spacial score (nSPS) is 25.0. The zero-order chi connectivity index (χ0) is 16.8. The van der Waals surface area contributed by atoms with Crippen molar-refractivity contribution in [2.24, 2.45) is 0 Å². The smallest absolute Gasteiger partial charge is 0.410 e. The highest BCUT2D eigenvalue weighted by molar-refractivity contribution is 5.68. The van der Waals surface area contributed by atoms with Crippen molar-refractivity contribution < 1.29 is 19.0 Å². The first-order chi connectivity index (χ1) is 11.7. The predicted octanol–water partition coefficient (Wildman–Crippen LogP) is 1.74. The van der Waals surface area contributed by atoms with Crippen LogP contribution in [-0.4, -0.2) is 74.5 Å². The lowest BCUT2D eigenvalue weighted by Crippen LogP contribution is -2.43. The van der Waals surface area contributed by atoms with Crippen LogP contribution in [0.2, 0.25) is 0 Å². The van der Waals surface area contributed by atoms with Gasteiger partial charge in [-0.25, -0.2) is 4.79 Å². The minimum Gasteiger partial charge on any atom is -0.445 e. The Kier molecular flexibility index (Phi) is 6.07. The lowest BCUT2D eigenvalue weighted by molar-refractivity contribution is -0.0780. The molecule has 132 valence electrons. The van der Waals surface area contributed by atoms with Gasteiger partial charge >= 0.3 is 6.09 Å². The maximum Gasteiger partial charge on any atom is 0.410 e. The van der Waals surface area contributed by atoms with E-state index in [1.807, 2.05) is 30.3 Å². The van der Waals surface area contributed by atoms with Gasteiger partial charge in [-0.1, -0.05) is 30.3 Å². The van der Waals surface area contributed by atoms with Crippen LogP contribution in [0.4, 0.5) is 4.79 Å². The van der Waals surface area contributed by atoms with Crippen LogP contribution in [0.5, 0.6) is 0 Å². The number of rotatable bonds is 5. The molecular weight excluding hydrogens is 308 g/mol. The summed E-state index contributed by atoms with van der Waals surface area (Å²) in [4.78, 5) is 16.1. The summed E-state index contributed by atoms with van der Waals surface area (Å²) >= 11 is 0. The van der Waals surface area contributed by atoms with Crippen LogP contribution < -0.4 is 0 Å². The molecule has 0 aliphatic carbocycles. The van der Waals surface area contributed by atoms with E-state index in [4.69, 9.17) is 14.2 Å². The molecule has 3 rings (SSSR count). The molecule has 2 fully saturated rings. The molecular formula is C18H26N2O4. The zero-order valence-electron chi connectivity index (χ0n) is 14.2. The molecule has 0 aromatic heterocycles. The first kappa shape index (κ1) is 17.2. The van der Waals surface area contributed by atoms with E-state index in [0.29, 0.717) is 26.3 Å². The van der Waals surface area contributed by atoms with E-state index in [9.17, 15) is 4.79 Å². The Balaban J connectivity index is 1.36. The Morgan fingerprint density at radius 2 is 2.08 bits per heavy atom. The zero-order valence-corrected chi connectivity index (χ0v) is 14.2. The number of amides is 1. The van der Waals surface area contributed by atoms with Gasteiger partial charge in [-0.05, 0) is 19.0 Å². The highest BCUT2D eigenvalue weighted by Gasteiger charge is 2.29. The number of likely N-dealkylation sites (N-methyl/N-ethyl adjacent to an activating group) is 1. The number of hydrogen-bond acceptors (Lipinski definition) is 5. The summed E-state index contributed by atoms with van der Waals surface area (Å²) in [6.07, 6.45) is 0.787. The monoisotopic (exact) mass is 334 g/mol. The van der Waals surface area contributed by atoms with Crippen molar-refractivity contribution in [2.75, 3.05) is 46.4 Å².